The molecule has 2 aliphatic rings. The van der Waals surface area contributed by atoms with Gasteiger partial charge in [-0.3, -0.25) is 4.90 Å². The fraction of sp³-hybridized carbons (Fsp3) is 0.583. The fourth-order valence-electron chi connectivity index (χ4n) is 2.53. The molecule has 0 radical (unpaired) electrons. The van der Waals surface area contributed by atoms with E-state index < -0.39 is 5.97 Å². The first-order valence-electron chi connectivity index (χ1n) is 6.06. The highest BCUT2D eigenvalue weighted by atomic mass is 16.4. The van der Waals surface area contributed by atoms with Crippen LogP contribution in [-0.4, -0.2) is 45.1 Å². The predicted molar refractivity (Wildman–Crippen MR) is 61.0 cm³/mol. The molecule has 3 rings (SSSR count). The van der Waals surface area contributed by atoms with Gasteiger partial charge >= 0.3 is 5.97 Å². The van der Waals surface area contributed by atoms with Gasteiger partial charge in [-0.1, -0.05) is 0 Å². The number of fused-ring (bicyclic) bond motifs is 1. The summed E-state index contributed by atoms with van der Waals surface area (Å²) in [5, 5.41) is 9.12. The van der Waals surface area contributed by atoms with Gasteiger partial charge < -0.3 is 5.11 Å². The molecule has 90 valence electrons. The highest BCUT2D eigenvalue weighted by Crippen LogP contribution is 2.29. The number of hydrogen-bond acceptors (Lipinski definition) is 4. The maximum absolute atomic E-state index is 11.1. The minimum absolute atomic E-state index is 0.188. The van der Waals surface area contributed by atoms with E-state index in [1.54, 1.807) is 0 Å². The van der Waals surface area contributed by atoms with Crippen LogP contribution < -0.4 is 0 Å². The van der Waals surface area contributed by atoms with Crippen LogP contribution >= 0.6 is 0 Å². The van der Waals surface area contributed by atoms with Gasteiger partial charge in [0.2, 0.25) is 0 Å². The van der Waals surface area contributed by atoms with Crippen molar-refractivity contribution in [2.24, 2.45) is 0 Å². The Morgan fingerprint density at radius 1 is 1.29 bits per heavy atom. The molecule has 1 aromatic rings. The Bertz CT molecular complexity index is 457. The maximum atomic E-state index is 11.1. The van der Waals surface area contributed by atoms with Crippen molar-refractivity contribution in [3.63, 3.8) is 0 Å². The first kappa shape index (κ1) is 10.7. The number of aromatic nitrogens is 2. The second-order valence-electron chi connectivity index (χ2n) is 4.72. The van der Waals surface area contributed by atoms with Crippen molar-refractivity contribution < 1.29 is 9.90 Å². The Morgan fingerprint density at radius 2 is 2.06 bits per heavy atom. The van der Waals surface area contributed by atoms with Crippen LogP contribution in [0.2, 0.25) is 0 Å². The normalized spacial score (nSPS) is 20.7. The second kappa shape index (κ2) is 4.07. The number of carbonyl (C=O) groups is 1. The van der Waals surface area contributed by atoms with Crippen LogP contribution in [0.15, 0.2) is 6.33 Å². The summed E-state index contributed by atoms with van der Waals surface area (Å²) in [4.78, 5) is 21.7. The van der Waals surface area contributed by atoms with Crippen LogP contribution in [0.3, 0.4) is 0 Å². The van der Waals surface area contributed by atoms with Gasteiger partial charge in [0.15, 0.2) is 5.69 Å². The largest absolute Gasteiger partial charge is 0.477 e. The summed E-state index contributed by atoms with van der Waals surface area (Å²) < 4.78 is 0. The van der Waals surface area contributed by atoms with Crippen molar-refractivity contribution in [3.05, 3.63) is 23.3 Å². The quantitative estimate of drug-likeness (QED) is 0.816. The van der Waals surface area contributed by atoms with Gasteiger partial charge in [0.1, 0.15) is 6.33 Å². The molecule has 17 heavy (non-hydrogen) atoms. The van der Waals surface area contributed by atoms with E-state index >= 15 is 0 Å². The molecule has 0 atom stereocenters. The van der Waals surface area contributed by atoms with Crippen molar-refractivity contribution in [1.82, 2.24) is 14.9 Å². The molecule has 0 aromatic carbocycles. The third-order valence-electron chi connectivity index (χ3n) is 3.59. The molecule has 0 saturated heterocycles. The lowest BCUT2D eigenvalue weighted by Gasteiger charge is -2.18. The Morgan fingerprint density at radius 3 is 2.76 bits per heavy atom. The standard InChI is InChI=1S/C12H15N3O2/c16-12(17)11-9-3-5-15(8-1-2-8)6-4-10(9)13-7-14-11/h7-8H,1-6H2,(H,16,17). The Kier molecular flexibility index (Phi) is 2.55. The van der Waals surface area contributed by atoms with Crippen molar-refractivity contribution in [2.75, 3.05) is 13.1 Å². The minimum Gasteiger partial charge on any atom is -0.477 e. The lowest BCUT2D eigenvalue weighted by Crippen LogP contribution is -2.28. The number of aromatic carboxylic acids is 1. The third kappa shape index (κ3) is 2.02. The molecular weight excluding hydrogens is 218 g/mol. The average molecular weight is 233 g/mol. The molecule has 2 heterocycles. The summed E-state index contributed by atoms with van der Waals surface area (Å²) in [6, 6.07) is 0.727. The Hall–Kier alpha value is -1.49. The van der Waals surface area contributed by atoms with Crippen molar-refractivity contribution in [1.29, 1.82) is 0 Å². The molecule has 5 heteroatoms. The van der Waals surface area contributed by atoms with Crippen LogP contribution in [-0.2, 0) is 12.8 Å². The second-order valence-corrected chi connectivity index (χ2v) is 4.72. The van der Waals surface area contributed by atoms with Gasteiger partial charge in [-0.15, -0.1) is 0 Å². The van der Waals surface area contributed by atoms with E-state index in [2.05, 4.69) is 14.9 Å². The lowest BCUT2D eigenvalue weighted by molar-refractivity contribution is 0.0688. The molecule has 5 nitrogen and oxygen atoms in total. The predicted octanol–water partition coefficient (Wildman–Crippen LogP) is 0.738. The third-order valence-corrected chi connectivity index (χ3v) is 3.59. The molecule has 1 aromatic heterocycles. The van der Waals surface area contributed by atoms with Gasteiger partial charge in [-0.25, -0.2) is 14.8 Å². The first-order chi connectivity index (χ1) is 8.25. The molecule has 1 fully saturated rings. The van der Waals surface area contributed by atoms with E-state index in [1.807, 2.05) is 0 Å². The molecule has 0 unspecified atom stereocenters. The molecule has 0 spiro atoms. The van der Waals surface area contributed by atoms with E-state index in [1.165, 1.54) is 19.2 Å². The van der Waals surface area contributed by atoms with Gasteiger partial charge in [-0.2, -0.15) is 0 Å². The minimum atomic E-state index is -0.941. The van der Waals surface area contributed by atoms with Gasteiger partial charge in [0.05, 0.1) is 0 Å². The summed E-state index contributed by atoms with van der Waals surface area (Å²) in [6.07, 6.45) is 5.54. The maximum Gasteiger partial charge on any atom is 0.354 e. The lowest BCUT2D eigenvalue weighted by atomic mass is 10.1. The Balaban J connectivity index is 1.89. The molecule has 1 aliphatic carbocycles. The highest BCUT2D eigenvalue weighted by Gasteiger charge is 2.31. The van der Waals surface area contributed by atoms with Crippen LogP contribution in [0, 0.1) is 0 Å². The fourth-order valence-corrected chi connectivity index (χ4v) is 2.53. The number of carboxylic acid groups (broad SMARTS) is 1. The zero-order valence-corrected chi connectivity index (χ0v) is 9.59. The number of rotatable bonds is 2. The van der Waals surface area contributed by atoms with E-state index in [4.69, 9.17) is 5.11 Å². The molecule has 1 aliphatic heterocycles. The van der Waals surface area contributed by atoms with Gasteiger partial charge in [0, 0.05) is 36.8 Å². The van der Waals surface area contributed by atoms with E-state index in [9.17, 15) is 4.79 Å². The van der Waals surface area contributed by atoms with Crippen LogP contribution in [0.5, 0.6) is 0 Å². The molecule has 1 N–H and O–H groups in total. The molecule has 0 amide bonds. The smallest absolute Gasteiger partial charge is 0.354 e. The zero-order chi connectivity index (χ0) is 11.8. The van der Waals surface area contributed by atoms with Gasteiger partial charge in [-0.05, 0) is 19.3 Å². The highest BCUT2D eigenvalue weighted by molar-refractivity contribution is 5.87. The first-order valence-corrected chi connectivity index (χ1v) is 6.06. The summed E-state index contributed by atoms with van der Waals surface area (Å²) in [6.45, 7) is 1.93. The van der Waals surface area contributed by atoms with E-state index in [0.29, 0.717) is 0 Å². The number of carboxylic acids is 1. The summed E-state index contributed by atoms with van der Waals surface area (Å²) in [7, 11) is 0. The molecule has 0 bridgehead atoms. The van der Waals surface area contributed by atoms with Gasteiger partial charge in [0.25, 0.3) is 0 Å². The zero-order valence-electron chi connectivity index (χ0n) is 9.59. The molecular formula is C12H15N3O2. The summed E-state index contributed by atoms with van der Waals surface area (Å²) in [5.41, 5.74) is 1.94. The van der Waals surface area contributed by atoms with Crippen molar-refractivity contribution in [2.45, 2.75) is 31.7 Å². The van der Waals surface area contributed by atoms with Crippen LogP contribution in [0.1, 0.15) is 34.6 Å². The van der Waals surface area contributed by atoms with Crippen molar-refractivity contribution in [3.8, 4) is 0 Å². The molecule has 1 saturated carbocycles. The summed E-state index contributed by atoms with van der Waals surface area (Å²) in [5.74, 6) is -0.941. The summed E-state index contributed by atoms with van der Waals surface area (Å²) >= 11 is 0. The number of hydrogen-bond donors (Lipinski definition) is 1. The topological polar surface area (TPSA) is 66.3 Å². The monoisotopic (exact) mass is 233 g/mol. The average Bonchev–Trinajstić information content (AvgIpc) is 3.13. The van der Waals surface area contributed by atoms with Crippen molar-refractivity contribution >= 4 is 5.97 Å². The Labute approximate surface area is 99.5 Å². The number of nitrogens with zero attached hydrogens (tertiary/aromatic N) is 3. The van der Waals surface area contributed by atoms with E-state index in [0.717, 1.165) is 43.2 Å². The SMILES string of the molecule is O=C(O)c1ncnc2c1CCN(C1CC1)CC2. The van der Waals surface area contributed by atoms with Crippen LogP contribution in [0.4, 0.5) is 0 Å². The van der Waals surface area contributed by atoms with E-state index in [-0.39, 0.29) is 5.69 Å². The van der Waals surface area contributed by atoms with Crippen LogP contribution in [0.25, 0.3) is 0 Å².